The van der Waals surface area contributed by atoms with Gasteiger partial charge in [-0.25, -0.2) is 5.01 Å². The lowest BCUT2D eigenvalue weighted by Gasteiger charge is -2.21. The zero-order valence-electron chi connectivity index (χ0n) is 12.6. The minimum atomic E-state index is -0.338. The first-order valence-corrected chi connectivity index (χ1v) is 7.50. The first-order valence-electron chi connectivity index (χ1n) is 7.50. The van der Waals surface area contributed by atoms with Crippen LogP contribution < -0.4 is 0 Å². The molecule has 2 aromatic heterocycles. The molecule has 1 atom stereocenters. The van der Waals surface area contributed by atoms with Crippen molar-refractivity contribution in [2.45, 2.75) is 12.5 Å². The van der Waals surface area contributed by atoms with Gasteiger partial charge in [-0.15, -0.1) is 0 Å². The third kappa shape index (κ3) is 2.48. The minimum Gasteiger partial charge on any atom is -0.508 e. The van der Waals surface area contributed by atoms with Crippen LogP contribution in [0.15, 0.2) is 75.0 Å². The summed E-state index contributed by atoms with van der Waals surface area (Å²) < 4.78 is 10.6. The number of furan rings is 2. The molecule has 3 heterocycles. The van der Waals surface area contributed by atoms with Crippen LogP contribution in [0.3, 0.4) is 0 Å². The highest BCUT2D eigenvalue weighted by atomic mass is 16.3. The molecular weight excluding hydrogens is 308 g/mol. The van der Waals surface area contributed by atoms with Crippen molar-refractivity contribution in [1.82, 2.24) is 5.01 Å². The summed E-state index contributed by atoms with van der Waals surface area (Å²) in [7, 11) is 0. The van der Waals surface area contributed by atoms with Crippen molar-refractivity contribution in [2.24, 2.45) is 5.10 Å². The van der Waals surface area contributed by atoms with Crippen LogP contribution in [-0.4, -0.2) is 21.7 Å². The predicted molar refractivity (Wildman–Crippen MR) is 85.6 cm³/mol. The van der Waals surface area contributed by atoms with E-state index in [0.29, 0.717) is 17.9 Å². The maximum atomic E-state index is 12.7. The monoisotopic (exact) mass is 322 g/mol. The molecule has 0 bridgehead atoms. The van der Waals surface area contributed by atoms with Gasteiger partial charge in [-0.2, -0.15) is 5.10 Å². The number of phenolic OH excluding ortho intramolecular Hbond substituents is 1. The lowest BCUT2D eigenvalue weighted by molar-refractivity contribution is 0.0678. The molecule has 0 aliphatic carbocycles. The summed E-state index contributed by atoms with van der Waals surface area (Å²) in [5, 5.41) is 15.6. The lowest BCUT2D eigenvalue weighted by atomic mass is 10.0. The summed E-state index contributed by atoms with van der Waals surface area (Å²) in [6.07, 6.45) is 3.51. The van der Waals surface area contributed by atoms with Crippen molar-refractivity contribution >= 4 is 11.6 Å². The van der Waals surface area contributed by atoms with Crippen LogP contribution in [0.1, 0.15) is 34.3 Å². The van der Waals surface area contributed by atoms with Gasteiger partial charge in [-0.1, -0.05) is 12.1 Å². The van der Waals surface area contributed by atoms with Gasteiger partial charge in [0.1, 0.15) is 17.2 Å². The highest BCUT2D eigenvalue weighted by Crippen LogP contribution is 2.35. The second kappa shape index (κ2) is 5.73. The third-order valence-corrected chi connectivity index (χ3v) is 3.91. The smallest absolute Gasteiger partial charge is 0.310 e. The van der Waals surface area contributed by atoms with E-state index in [-0.39, 0.29) is 23.5 Å². The Bertz CT molecular complexity index is 882. The van der Waals surface area contributed by atoms with Crippen molar-refractivity contribution in [1.29, 1.82) is 0 Å². The number of carbonyl (C=O) groups excluding carboxylic acids is 1. The van der Waals surface area contributed by atoms with Crippen LogP contribution in [-0.2, 0) is 0 Å². The van der Waals surface area contributed by atoms with Gasteiger partial charge in [-0.05, 0) is 42.0 Å². The molecule has 6 heteroatoms. The van der Waals surface area contributed by atoms with Crippen LogP contribution in [0, 0.1) is 0 Å². The summed E-state index contributed by atoms with van der Waals surface area (Å²) in [5.41, 5.74) is 1.47. The van der Waals surface area contributed by atoms with Gasteiger partial charge in [0.05, 0.1) is 18.6 Å². The largest absolute Gasteiger partial charge is 0.508 e. The Kier molecular flexibility index (Phi) is 3.42. The SMILES string of the molecule is O=C(c1ccco1)N1N=C(c2ccco2)C[C@H]1c1cccc(O)c1. The van der Waals surface area contributed by atoms with Crippen LogP contribution >= 0.6 is 0 Å². The summed E-state index contributed by atoms with van der Waals surface area (Å²) >= 11 is 0. The average molecular weight is 322 g/mol. The molecule has 1 aromatic carbocycles. The van der Waals surface area contributed by atoms with Gasteiger partial charge in [0, 0.05) is 6.42 Å². The standard InChI is InChI=1S/C18H14N2O4/c21-13-5-1-4-12(10-13)15-11-14(16-6-2-8-23-16)19-20(15)18(22)17-7-3-9-24-17/h1-10,15,21H,11H2/t15-/m0/s1. The second-order valence-electron chi connectivity index (χ2n) is 5.47. The Morgan fingerprint density at radius 1 is 1.12 bits per heavy atom. The van der Waals surface area contributed by atoms with E-state index in [2.05, 4.69) is 5.10 Å². The molecule has 1 aliphatic rings. The number of hydrogen-bond donors (Lipinski definition) is 1. The van der Waals surface area contributed by atoms with Crippen molar-refractivity contribution in [3.05, 3.63) is 78.1 Å². The van der Waals surface area contributed by atoms with E-state index in [4.69, 9.17) is 8.83 Å². The number of phenols is 1. The predicted octanol–water partition coefficient (Wildman–Crippen LogP) is 3.57. The second-order valence-corrected chi connectivity index (χ2v) is 5.47. The number of nitrogens with zero attached hydrogens (tertiary/aromatic N) is 2. The minimum absolute atomic E-state index is 0.143. The maximum Gasteiger partial charge on any atom is 0.310 e. The molecule has 0 saturated heterocycles. The molecule has 0 fully saturated rings. The van der Waals surface area contributed by atoms with Gasteiger partial charge in [0.25, 0.3) is 0 Å². The number of amides is 1. The first-order chi connectivity index (χ1) is 11.7. The molecule has 24 heavy (non-hydrogen) atoms. The number of carbonyl (C=O) groups is 1. The highest BCUT2D eigenvalue weighted by molar-refractivity contribution is 6.02. The van der Waals surface area contributed by atoms with E-state index in [1.54, 1.807) is 48.7 Å². The summed E-state index contributed by atoms with van der Waals surface area (Å²) in [6, 6.07) is 13.3. The Morgan fingerprint density at radius 3 is 2.67 bits per heavy atom. The van der Waals surface area contributed by atoms with Crippen molar-refractivity contribution in [3.63, 3.8) is 0 Å². The molecule has 4 rings (SSSR count). The van der Waals surface area contributed by atoms with Crippen LogP contribution in [0.25, 0.3) is 0 Å². The third-order valence-electron chi connectivity index (χ3n) is 3.91. The van der Waals surface area contributed by atoms with E-state index < -0.39 is 0 Å². The summed E-state index contributed by atoms with van der Waals surface area (Å²) in [4.78, 5) is 12.7. The Hall–Kier alpha value is -3.28. The summed E-state index contributed by atoms with van der Waals surface area (Å²) in [5.74, 6) is 0.638. The van der Waals surface area contributed by atoms with E-state index in [0.717, 1.165) is 5.56 Å². The molecule has 3 aromatic rings. The van der Waals surface area contributed by atoms with Crippen LogP contribution in [0.5, 0.6) is 5.75 Å². The number of benzene rings is 1. The Balaban J connectivity index is 1.73. The van der Waals surface area contributed by atoms with Gasteiger partial charge in [-0.3, -0.25) is 4.79 Å². The zero-order valence-corrected chi connectivity index (χ0v) is 12.6. The zero-order chi connectivity index (χ0) is 16.5. The topological polar surface area (TPSA) is 79.2 Å². The molecule has 6 nitrogen and oxygen atoms in total. The van der Waals surface area contributed by atoms with Crippen LogP contribution in [0.4, 0.5) is 0 Å². The number of hydrazone groups is 1. The fourth-order valence-electron chi connectivity index (χ4n) is 2.79. The van der Waals surface area contributed by atoms with E-state index >= 15 is 0 Å². The average Bonchev–Trinajstić information content (AvgIpc) is 3.34. The van der Waals surface area contributed by atoms with Crippen LogP contribution in [0.2, 0.25) is 0 Å². The van der Waals surface area contributed by atoms with Gasteiger partial charge in [0.15, 0.2) is 5.76 Å². The van der Waals surface area contributed by atoms with Gasteiger partial charge < -0.3 is 13.9 Å². The Morgan fingerprint density at radius 2 is 1.96 bits per heavy atom. The lowest BCUT2D eigenvalue weighted by Crippen LogP contribution is -2.26. The molecule has 1 aliphatic heterocycles. The van der Waals surface area contributed by atoms with E-state index in [1.807, 2.05) is 6.07 Å². The number of hydrogen-bond acceptors (Lipinski definition) is 5. The molecule has 0 spiro atoms. The van der Waals surface area contributed by atoms with Gasteiger partial charge >= 0.3 is 5.91 Å². The fraction of sp³-hybridized carbons (Fsp3) is 0.111. The molecule has 0 saturated carbocycles. The highest BCUT2D eigenvalue weighted by Gasteiger charge is 2.35. The van der Waals surface area contributed by atoms with Crippen molar-refractivity contribution in [2.75, 3.05) is 0 Å². The molecule has 120 valence electrons. The Labute approximate surface area is 137 Å². The first kappa shape index (κ1) is 14.3. The fourth-order valence-corrected chi connectivity index (χ4v) is 2.79. The van der Waals surface area contributed by atoms with E-state index in [9.17, 15) is 9.90 Å². The number of aromatic hydroxyl groups is 1. The van der Waals surface area contributed by atoms with Gasteiger partial charge in [0.2, 0.25) is 0 Å². The van der Waals surface area contributed by atoms with Crippen molar-refractivity contribution < 1.29 is 18.7 Å². The quantitative estimate of drug-likeness (QED) is 0.799. The van der Waals surface area contributed by atoms with Crippen molar-refractivity contribution in [3.8, 4) is 5.75 Å². The molecule has 0 unspecified atom stereocenters. The molecule has 1 amide bonds. The maximum absolute atomic E-state index is 12.7. The van der Waals surface area contributed by atoms with E-state index in [1.165, 1.54) is 11.3 Å². The number of rotatable bonds is 3. The normalized spacial score (nSPS) is 17.1. The molecule has 0 radical (unpaired) electrons. The molecule has 1 N–H and O–H groups in total. The summed E-state index contributed by atoms with van der Waals surface area (Å²) in [6.45, 7) is 0. The molecular formula is C18H14N2O4.